The first-order valence-corrected chi connectivity index (χ1v) is 9.37. The van der Waals surface area contributed by atoms with Gasteiger partial charge in [-0.3, -0.25) is 4.79 Å². The van der Waals surface area contributed by atoms with Crippen LogP contribution in [-0.4, -0.2) is 12.0 Å². The van der Waals surface area contributed by atoms with Gasteiger partial charge in [0.05, 0.1) is 0 Å². The molecule has 3 aromatic rings. The summed E-state index contributed by atoms with van der Waals surface area (Å²) in [6.45, 7) is 5.53. The second-order valence-corrected chi connectivity index (χ2v) is 6.94. The quantitative estimate of drug-likeness (QED) is 0.544. The van der Waals surface area contributed by atoms with E-state index in [2.05, 4.69) is 5.32 Å². The van der Waals surface area contributed by atoms with Gasteiger partial charge in [-0.2, -0.15) is 0 Å². The minimum Gasteiger partial charge on any atom is -0.481 e. The van der Waals surface area contributed by atoms with E-state index in [1.807, 2.05) is 56.3 Å². The molecule has 0 radical (unpaired) electrons. The lowest BCUT2D eigenvalue weighted by atomic mass is 10.1. The van der Waals surface area contributed by atoms with Crippen molar-refractivity contribution >= 4 is 23.2 Å². The van der Waals surface area contributed by atoms with Crippen LogP contribution in [0.25, 0.3) is 0 Å². The number of para-hydroxylation sites is 1. The molecule has 4 nitrogen and oxygen atoms in total. The Labute approximate surface area is 170 Å². The van der Waals surface area contributed by atoms with Crippen molar-refractivity contribution < 1.29 is 14.3 Å². The van der Waals surface area contributed by atoms with Crippen molar-refractivity contribution in [1.29, 1.82) is 0 Å². The molecule has 5 heteroatoms. The van der Waals surface area contributed by atoms with E-state index in [1.165, 1.54) is 0 Å². The van der Waals surface area contributed by atoms with Gasteiger partial charge in [0.15, 0.2) is 6.10 Å². The Morgan fingerprint density at radius 1 is 0.893 bits per heavy atom. The predicted octanol–water partition coefficient (Wildman–Crippen LogP) is 6.16. The van der Waals surface area contributed by atoms with E-state index < -0.39 is 6.10 Å². The SMILES string of the molecule is Cc1cc(O[C@H](C)C(=O)Nc2ccc(Oc3ccccc3)cc2)cc(C)c1Cl. The Balaban J connectivity index is 1.59. The van der Waals surface area contributed by atoms with Crippen LogP contribution >= 0.6 is 11.6 Å². The van der Waals surface area contributed by atoms with Crippen LogP contribution in [0.15, 0.2) is 66.7 Å². The minimum absolute atomic E-state index is 0.234. The van der Waals surface area contributed by atoms with E-state index in [0.717, 1.165) is 16.9 Å². The maximum atomic E-state index is 12.4. The van der Waals surface area contributed by atoms with Crippen LogP contribution in [0.4, 0.5) is 5.69 Å². The molecular weight excluding hydrogens is 374 g/mol. The van der Waals surface area contributed by atoms with E-state index in [0.29, 0.717) is 22.2 Å². The molecule has 1 atom stereocenters. The molecule has 0 fully saturated rings. The van der Waals surface area contributed by atoms with E-state index >= 15 is 0 Å². The van der Waals surface area contributed by atoms with Gasteiger partial charge in [0.25, 0.3) is 5.91 Å². The van der Waals surface area contributed by atoms with Crippen LogP contribution in [-0.2, 0) is 4.79 Å². The van der Waals surface area contributed by atoms with Gasteiger partial charge in [0.2, 0.25) is 0 Å². The molecule has 144 valence electrons. The summed E-state index contributed by atoms with van der Waals surface area (Å²) in [5.41, 5.74) is 2.50. The highest BCUT2D eigenvalue weighted by Crippen LogP contribution is 2.27. The Morgan fingerprint density at radius 2 is 1.46 bits per heavy atom. The standard InChI is InChI=1S/C23H22ClNO3/c1-15-13-21(14-16(2)22(15)24)27-17(3)23(26)25-18-9-11-20(12-10-18)28-19-7-5-4-6-8-19/h4-14,17H,1-3H3,(H,25,26)/t17-/m1/s1. The number of carbonyl (C=O) groups excluding carboxylic acids is 1. The molecule has 28 heavy (non-hydrogen) atoms. The van der Waals surface area contributed by atoms with Gasteiger partial charge in [-0.1, -0.05) is 29.8 Å². The second kappa shape index (κ2) is 8.81. The van der Waals surface area contributed by atoms with Gasteiger partial charge in [-0.15, -0.1) is 0 Å². The van der Waals surface area contributed by atoms with Gasteiger partial charge >= 0.3 is 0 Å². The molecule has 0 bridgehead atoms. The summed E-state index contributed by atoms with van der Waals surface area (Å²) in [5.74, 6) is 1.84. The first-order chi connectivity index (χ1) is 13.4. The lowest BCUT2D eigenvalue weighted by Crippen LogP contribution is -2.30. The maximum absolute atomic E-state index is 12.4. The molecule has 0 aliphatic heterocycles. The smallest absolute Gasteiger partial charge is 0.265 e. The molecule has 0 heterocycles. The van der Waals surface area contributed by atoms with Crippen LogP contribution < -0.4 is 14.8 Å². The number of amides is 1. The van der Waals surface area contributed by atoms with Crippen LogP contribution in [0.3, 0.4) is 0 Å². The number of anilines is 1. The van der Waals surface area contributed by atoms with Gasteiger partial charge < -0.3 is 14.8 Å². The predicted molar refractivity (Wildman–Crippen MR) is 113 cm³/mol. The molecule has 0 unspecified atom stereocenters. The third-order valence-corrected chi connectivity index (χ3v) is 4.79. The van der Waals surface area contributed by atoms with Crippen molar-refractivity contribution in [3.63, 3.8) is 0 Å². The summed E-state index contributed by atoms with van der Waals surface area (Å²) in [7, 11) is 0. The van der Waals surface area contributed by atoms with E-state index in [-0.39, 0.29) is 5.91 Å². The number of ether oxygens (including phenoxy) is 2. The summed E-state index contributed by atoms with van der Waals surface area (Å²) >= 11 is 6.17. The molecule has 0 aliphatic rings. The van der Waals surface area contributed by atoms with E-state index in [4.69, 9.17) is 21.1 Å². The molecule has 3 aromatic carbocycles. The van der Waals surface area contributed by atoms with Gasteiger partial charge in [0, 0.05) is 10.7 Å². The highest BCUT2D eigenvalue weighted by atomic mass is 35.5. The van der Waals surface area contributed by atoms with Crippen molar-refractivity contribution in [1.82, 2.24) is 0 Å². The van der Waals surface area contributed by atoms with Gasteiger partial charge in [-0.05, 0) is 80.4 Å². The van der Waals surface area contributed by atoms with Crippen LogP contribution in [0, 0.1) is 13.8 Å². The first kappa shape index (κ1) is 19.8. The zero-order chi connectivity index (χ0) is 20.1. The Kier molecular flexibility index (Phi) is 6.22. The van der Waals surface area contributed by atoms with E-state index in [9.17, 15) is 4.79 Å². The molecule has 0 spiro atoms. The third-order valence-electron chi connectivity index (χ3n) is 4.19. The van der Waals surface area contributed by atoms with Crippen molar-refractivity contribution in [3.05, 3.63) is 82.9 Å². The van der Waals surface area contributed by atoms with E-state index in [1.54, 1.807) is 31.2 Å². The Bertz CT molecular complexity index is 932. The zero-order valence-corrected chi connectivity index (χ0v) is 16.8. The lowest BCUT2D eigenvalue weighted by Gasteiger charge is -2.16. The highest BCUT2D eigenvalue weighted by molar-refractivity contribution is 6.32. The van der Waals surface area contributed by atoms with Crippen molar-refractivity contribution in [2.75, 3.05) is 5.32 Å². The molecule has 1 N–H and O–H groups in total. The topological polar surface area (TPSA) is 47.6 Å². The zero-order valence-electron chi connectivity index (χ0n) is 16.0. The number of aryl methyl sites for hydroxylation is 2. The number of halogens is 1. The molecule has 1 amide bonds. The molecule has 0 saturated carbocycles. The molecule has 0 aliphatic carbocycles. The van der Waals surface area contributed by atoms with Crippen molar-refractivity contribution in [2.24, 2.45) is 0 Å². The maximum Gasteiger partial charge on any atom is 0.265 e. The summed E-state index contributed by atoms with van der Waals surface area (Å²) < 4.78 is 11.5. The fourth-order valence-electron chi connectivity index (χ4n) is 2.71. The second-order valence-electron chi connectivity index (χ2n) is 6.56. The summed E-state index contributed by atoms with van der Waals surface area (Å²) in [5, 5.41) is 3.56. The number of benzene rings is 3. The monoisotopic (exact) mass is 395 g/mol. The number of nitrogens with one attached hydrogen (secondary N) is 1. The summed E-state index contributed by atoms with van der Waals surface area (Å²) in [6.07, 6.45) is -0.653. The molecule has 0 saturated heterocycles. The molecule has 3 rings (SSSR count). The first-order valence-electron chi connectivity index (χ1n) is 8.99. The molecular formula is C23H22ClNO3. The van der Waals surface area contributed by atoms with Crippen molar-refractivity contribution in [3.8, 4) is 17.2 Å². The van der Waals surface area contributed by atoms with Gasteiger partial charge in [0.1, 0.15) is 17.2 Å². The van der Waals surface area contributed by atoms with Gasteiger partial charge in [-0.25, -0.2) is 0 Å². The summed E-state index contributed by atoms with van der Waals surface area (Å²) in [4.78, 5) is 12.4. The average Bonchev–Trinajstić information content (AvgIpc) is 2.68. The van der Waals surface area contributed by atoms with Crippen LogP contribution in [0.2, 0.25) is 5.02 Å². The van der Waals surface area contributed by atoms with Crippen LogP contribution in [0.1, 0.15) is 18.1 Å². The number of hydrogen-bond donors (Lipinski definition) is 1. The normalized spacial score (nSPS) is 11.6. The largest absolute Gasteiger partial charge is 0.481 e. The summed E-state index contributed by atoms with van der Waals surface area (Å²) in [6, 6.07) is 20.4. The number of hydrogen-bond acceptors (Lipinski definition) is 3. The van der Waals surface area contributed by atoms with Crippen molar-refractivity contribution in [2.45, 2.75) is 26.9 Å². The minimum atomic E-state index is -0.653. The lowest BCUT2D eigenvalue weighted by molar-refractivity contribution is -0.122. The Hall–Kier alpha value is -2.98. The third kappa shape index (κ3) is 5.05. The van der Waals surface area contributed by atoms with Crippen LogP contribution in [0.5, 0.6) is 17.2 Å². The highest BCUT2D eigenvalue weighted by Gasteiger charge is 2.16. The Morgan fingerprint density at radius 3 is 2.07 bits per heavy atom. The number of carbonyl (C=O) groups is 1. The fourth-order valence-corrected chi connectivity index (χ4v) is 2.82. The average molecular weight is 396 g/mol. The number of rotatable bonds is 6. The fraction of sp³-hybridized carbons (Fsp3) is 0.174. The molecule has 0 aromatic heterocycles.